The van der Waals surface area contributed by atoms with Gasteiger partial charge in [0.1, 0.15) is 5.75 Å². The van der Waals surface area contributed by atoms with E-state index in [9.17, 15) is 4.79 Å². The molecule has 0 saturated carbocycles. The number of ether oxygens (including phenoxy) is 1. The molecular formula is C17H26N2O2. The molecule has 1 saturated heterocycles. The second kappa shape index (κ2) is 6.48. The maximum absolute atomic E-state index is 12.2. The topological polar surface area (TPSA) is 55.6 Å². The smallest absolute Gasteiger partial charge is 0.260 e. The summed E-state index contributed by atoms with van der Waals surface area (Å²) in [7, 11) is 0. The third kappa shape index (κ3) is 4.21. The molecule has 2 rings (SSSR count). The Kier molecular flexibility index (Phi) is 4.88. The van der Waals surface area contributed by atoms with E-state index < -0.39 is 0 Å². The number of nitrogens with zero attached hydrogens (tertiary/aromatic N) is 1. The molecule has 1 amide bonds. The van der Waals surface area contributed by atoms with Crippen LogP contribution in [0, 0.1) is 11.3 Å². The van der Waals surface area contributed by atoms with Gasteiger partial charge in [-0.3, -0.25) is 4.79 Å². The standard InChI is InChI=1S/C17H26N2O2/c1-17(2,3)14-8-9-19(11-14)16(20)12-21-15-6-4-13(10-18)5-7-15/h4-7,14H,8-12,18H2,1-3H3. The van der Waals surface area contributed by atoms with Gasteiger partial charge in [-0.1, -0.05) is 32.9 Å². The molecule has 1 aromatic rings. The summed E-state index contributed by atoms with van der Waals surface area (Å²) in [5.41, 5.74) is 6.87. The molecular weight excluding hydrogens is 264 g/mol. The summed E-state index contributed by atoms with van der Waals surface area (Å²) in [6.07, 6.45) is 1.08. The fraction of sp³-hybridized carbons (Fsp3) is 0.588. The van der Waals surface area contributed by atoms with E-state index >= 15 is 0 Å². The first-order valence-electron chi connectivity index (χ1n) is 7.59. The summed E-state index contributed by atoms with van der Waals surface area (Å²) in [6.45, 7) is 9.03. The molecule has 1 heterocycles. The summed E-state index contributed by atoms with van der Waals surface area (Å²) >= 11 is 0. The van der Waals surface area contributed by atoms with Gasteiger partial charge in [-0.25, -0.2) is 0 Å². The highest BCUT2D eigenvalue weighted by atomic mass is 16.5. The minimum Gasteiger partial charge on any atom is -0.484 e. The summed E-state index contributed by atoms with van der Waals surface area (Å²) in [5, 5.41) is 0. The predicted molar refractivity (Wildman–Crippen MR) is 84.0 cm³/mol. The number of hydrogen-bond donors (Lipinski definition) is 1. The van der Waals surface area contributed by atoms with Crippen LogP contribution in [0.1, 0.15) is 32.8 Å². The summed E-state index contributed by atoms with van der Waals surface area (Å²) in [5.74, 6) is 1.36. The summed E-state index contributed by atoms with van der Waals surface area (Å²) in [4.78, 5) is 14.1. The molecule has 0 radical (unpaired) electrons. The molecule has 0 aromatic heterocycles. The van der Waals surface area contributed by atoms with Gasteiger partial charge in [0, 0.05) is 19.6 Å². The van der Waals surface area contributed by atoms with Crippen LogP contribution in [0.2, 0.25) is 0 Å². The number of carbonyl (C=O) groups excluding carboxylic acids is 1. The number of hydrogen-bond acceptors (Lipinski definition) is 3. The van der Waals surface area contributed by atoms with E-state index in [1.54, 1.807) is 0 Å². The Morgan fingerprint density at radius 1 is 1.33 bits per heavy atom. The lowest BCUT2D eigenvalue weighted by molar-refractivity contribution is -0.132. The zero-order valence-electron chi connectivity index (χ0n) is 13.3. The van der Waals surface area contributed by atoms with Crippen molar-refractivity contribution in [3.05, 3.63) is 29.8 Å². The zero-order chi connectivity index (χ0) is 15.5. The maximum atomic E-state index is 12.2. The van der Waals surface area contributed by atoms with Crippen molar-refractivity contribution in [2.24, 2.45) is 17.1 Å². The van der Waals surface area contributed by atoms with Gasteiger partial charge in [0.15, 0.2) is 6.61 Å². The Morgan fingerprint density at radius 3 is 2.52 bits per heavy atom. The molecule has 1 atom stereocenters. The molecule has 1 aliphatic heterocycles. The van der Waals surface area contributed by atoms with E-state index in [1.165, 1.54) is 0 Å². The number of rotatable bonds is 4. The van der Waals surface area contributed by atoms with Gasteiger partial charge in [0.25, 0.3) is 5.91 Å². The van der Waals surface area contributed by atoms with Gasteiger partial charge in [0.05, 0.1) is 0 Å². The molecule has 4 heteroatoms. The van der Waals surface area contributed by atoms with Crippen LogP contribution in [0.25, 0.3) is 0 Å². The Labute approximate surface area is 127 Å². The first-order valence-corrected chi connectivity index (χ1v) is 7.59. The van der Waals surface area contributed by atoms with Gasteiger partial charge in [0.2, 0.25) is 0 Å². The van der Waals surface area contributed by atoms with Crippen LogP contribution in [0.4, 0.5) is 0 Å². The lowest BCUT2D eigenvalue weighted by Gasteiger charge is -2.26. The van der Waals surface area contributed by atoms with Crippen LogP contribution in [-0.2, 0) is 11.3 Å². The SMILES string of the molecule is CC(C)(C)C1CCN(C(=O)COc2ccc(CN)cc2)C1. The molecule has 1 fully saturated rings. The van der Waals surface area contributed by atoms with Crippen LogP contribution in [0.3, 0.4) is 0 Å². The highest BCUT2D eigenvalue weighted by Gasteiger charge is 2.33. The molecule has 0 spiro atoms. The fourth-order valence-corrected chi connectivity index (χ4v) is 2.65. The van der Waals surface area contributed by atoms with Crippen molar-refractivity contribution in [1.82, 2.24) is 4.90 Å². The van der Waals surface area contributed by atoms with Crippen LogP contribution in [0.5, 0.6) is 5.75 Å². The molecule has 21 heavy (non-hydrogen) atoms. The van der Waals surface area contributed by atoms with Crippen LogP contribution in [-0.4, -0.2) is 30.5 Å². The largest absolute Gasteiger partial charge is 0.484 e. The van der Waals surface area contributed by atoms with Crippen LogP contribution in [0.15, 0.2) is 24.3 Å². The van der Waals surface area contributed by atoms with E-state index in [1.807, 2.05) is 29.2 Å². The normalized spacial score (nSPS) is 18.9. The Bertz CT molecular complexity index is 477. The van der Waals surface area contributed by atoms with Gasteiger partial charge < -0.3 is 15.4 Å². The Hall–Kier alpha value is -1.55. The third-order valence-electron chi connectivity index (χ3n) is 4.29. The number of likely N-dealkylation sites (tertiary alicyclic amines) is 1. The first-order chi connectivity index (χ1) is 9.90. The van der Waals surface area contributed by atoms with Gasteiger partial charge in [-0.15, -0.1) is 0 Å². The highest BCUT2D eigenvalue weighted by molar-refractivity contribution is 5.78. The quantitative estimate of drug-likeness (QED) is 0.926. The first kappa shape index (κ1) is 15.8. The van der Waals surface area contributed by atoms with Gasteiger partial charge in [-0.05, 0) is 35.4 Å². The summed E-state index contributed by atoms with van der Waals surface area (Å²) in [6, 6.07) is 7.56. The van der Waals surface area contributed by atoms with Crippen molar-refractivity contribution in [2.75, 3.05) is 19.7 Å². The average molecular weight is 290 g/mol. The molecule has 4 nitrogen and oxygen atoms in total. The number of amides is 1. The predicted octanol–water partition coefficient (Wildman–Crippen LogP) is 2.42. The van der Waals surface area contributed by atoms with E-state index in [0.717, 1.165) is 25.1 Å². The van der Waals surface area contributed by atoms with E-state index in [0.29, 0.717) is 18.2 Å². The fourth-order valence-electron chi connectivity index (χ4n) is 2.65. The minimum atomic E-state index is 0.0738. The van der Waals surface area contributed by atoms with Gasteiger partial charge in [-0.2, -0.15) is 0 Å². The van der Waals surface area contributed by atoms with E-state index in [2.05, 4.69) is 20.8 Å². The number of benzene rings is 1. The molecule has 2 N–H and O–H groups in total. The highest BCUT2D eigenvalue weighted by Crippen LogP contribution is 2.33. The zero-order valence-corrected chi connectivity index (χ0v) is 13.3. The lowest BCUT2D eigenvalue weighted by Crippen LogP contribution is -2.34. The summed E-state index contributed by atoms with van der Waals surface area (Å²) < 4.78 is 5.57. The van der Waals surface area contributed by atoms with Crippen molar-refractivity contribution in [3.63, 3.8) is 0 Å². The molecule has 1 aliphatic rings. The number of carbonyl (C=O) groups is 1. The minimum absolute atomic E-state index is 0.0738. The second-order valence-corrected chi connectivity index (χ2v) is 6.83. The van der Waals surface area contributed by atoms with E-state index in [-0.39, 0.29) is 17.9 Å². The van der Waals surface area contributed by atoms with Crippen LogP contribution >= 0.6 is 0 Å². The number of nitrogens with two attached hydrogens (primary N) is 1. The Balaban J connectivity index is 1.82. The molecule has 0 aliphatic carbocycles. The van der Waals surface area contributed by atoms with Gasteiger partial charge >= 0.3 is 0 Å². The molecule has 1 aromatic carbocycles. The third-order valence-corrected chi connectivity index (χ3v) is 4.29. The second-order valence-electron chi connectivity index (χ2n) is 6.83. The maximum Gasteiger partial charge on any atom is 0.260 e. The van der Waals surface area contributed by atoms with E-state index in [4.69, 9.17) is 10.5 Å². The van der Waals surface area contributed by atoms with Crippen LogP contribution < -0.4 is 10.5 Å². The van der Waals surface area contributed by atoms with Crippen molar-refractivity contribution in [3.8, 4) is 5.75 Å². The van der Waals surface area contributed by atoms with Crippen molar-refractivity contribution < 1.29 is 9.53 Å². The van der Waals surface area contributed by atoms with Crippen molar-refractivity contribution in [2.45, 2.75) is 33.7 Å². The molecule has 116 valence electrons. The Morgan fingerprint density at radius 2 is 2.00 bits per heavy atom. The lowest BCUT2D eigenvalue weighted by atomic mass is 9.80. The monoisotopic (exact) mass is 290 g/mol. The average Bonchev–Trinajstić information content (AvgIpc) is 2.95. The molecule has 0 bridgehead atoms. The van der Waals surface area contributed by atoms with Crippen molar-refractivity contribution >= 4 is 5.91 Å². The van der Waals surface area contributed by atoms with Crippen molar-refractivity contribution in [1.29, 1.82) is 0 Å². The molecule has 1 unspecified atom stereocenters.